The van der Waals surface area contributed by atoms with Crippen molar-refractivity contribution in [2.45, 2.75) is 161 Å². The highest BCUT2D eigenvalue weighted by atomic mass is 32.1. The van der Waals surface area contributed by atoms with Crippen molar-refractivity contribution in [3.63, 3.8) is 0 Å². The van der Waals surface area contributed by atoms with E-state index in [0.29, 0.717) is 0 Å². The van der Waals surface area contributed by atoms with Gasteiger partial charge in [-0.1, -0.05) is 165 Å². The van der Waals surface area contributed by atoms with E-state index in [2.05, 4.69) is 258 Å². The Morgan fingerprint density at radius 3 is 1.42 bits per heavy atom. The third-order valence-corrected chi connectivity index (χ3v) is 19.7. The number of hydrogen-bond donors (Lipinski definition) is 0. The van der Waals surface area contributed by atoms with E-state index >= 15 is 0 Å². The topological polar surface area (TPSA) is 9.72 Å². The van der Waals surface area contributed by atoms with E-state index in [1.54, 1.807) is 0 Å². The van der Waals surface area contributed by atoms with Gasteiger partial charge in [-0.15, -0.1) is 11.3 Å². The molecule has 0 amide bonds. The minimum absolute atomic E-state index is 0.00310. The molecule has 0 atom stereocenters. The summed E-state index contributed by atoms with van der Waals surface area (Å²) in [5.41, 5.74) is 24.3. The molecule has 8 aromatic rings. The van der Waals surface area contributed by atoms with Crippen molar-refractivity contribution in [2.24, 2.45) is 0 Å². The molecule has 13 rings (SSSR count). The Labute approximate surface area is 446 Å². The van der Waals surface area contributed by atoms with E-state index in [4.69, 9.17) is 0 Å². The molecule has 5 aliphatic rings. The van der Waals surface area contributed by atoms with Gasteiger partial charge < -0.3 is 14.7 Å². The van der Waals surface area contributed by atoms with Crippen LogP contribution in [0, 0.1) is 0 Å². The fourth-order valence-electron chi connectivity index (χ4n) is 15.9. The summed E-state index contributed by atoms with van der Waals surface area (Å²) < 4.78 is 2.78. The summed E-state index contributed by atoms with van der Waals surface area (Å²) in [6.45, 7) is 36.7. The third kappa shape index (κ3) is 6.89. The van der Waals surface area contributed by atoms with Gasteiger partial charge in [0, 0.05) is 54.7 Å². The molecule has 5 heteroatoms. The zero-order valence-corrected chi connectivity index (χ0v) is 47.5. The lowest BCUT2D eigenvalue weighted by molar-refractivity contribution is 0.402. The Morgan fingerprint density at radius 1 is 0.446 bits per heavy atom. The van der Waals surface area contributed by atoms with Gasteiger partial charge in [-0.25, -0.2) is 0 Å². The molecule has 0 fully saturated rings. The van der Waals surface area contributed by atoms with Gasteiger partial charge in [0.25, 0.3) is 6.71 Å². The number of nitrogens with zero attached hydrogens (tertiary/aromatic N) is 3. The van der Waals surface area contributed by atoms with Gasteiger partial charge in [0.05, 0.1) is 11.4 Å². The summed E-state index contributed by atoms with van der Waals surface area (Å²) in [4.78, 5) is 7.94. The first-order valence-corrected chi connectivity index (χ1v) is 28.3. The molecule has 3 heterocycles. The molecule has 3 nitrogen and oxygen atoms in total. The maximum atomic E-state index is 2.73. The second-order valence-corrected chi connectivity index (χ2v) is 29.1. The smallest absolute Gasteiger partial charge is 0.264 e. The van der Waals surface area contributed by atoms with Crippen LogP contribution < -0.4 is 30.4 Å². The standard InChI is InChI=1S/C69H74BN3S/c1-63(2,3)42-26-31-59-48(32-42)61-62(74-59)70-55-37-53-54(69(14,15)41-68(53,12)13)38-56(55)72(45-27-29-49-51(33-45)66(8,9)39-64(49,4)5)57-35-47(71(43-22-18-16-19-23-43)44-24-20-17-21-25-44)36-58(60(57)70)73(61)46-28-30-50-52(34-46)67(10,11)40-65(50,6)7/h16-38H,39-41H2,1-15H3. The molecule has 0 unspecified atom stereocenters. The largest absolute Gasteiger partial charge is 0.311 e. The van der Waals surface area contributed by atoms with Crippen molar-refractivity contribution in [1.29, 1.82) is 0 Å². The molecule has 0 bridgehead atoms. The number of benzene rings is 7. The summed E-state index contributed by atoms with van der Waals surface area (Å²) in [7, 11) is 0. The van der Waals surface area contributed by atoms with Crippen LogP contribution in [-0.2, 0) is 37.9 Å². The SMILES string of the molecule is CC(C)(C)c1ccc2sc3c(c2c1)N(c1ccc2c(c1)C(C)(C)CC2(C)C)c1cc(N(c2ccccc2)c2ccccc2)cc2c1B3c1cc3c(cc1N2c1ccc2c(c1)C(C)(C)CC2(C)C)C(C)(C)CC3(C)C. The average molecular weight is 988 g/mol. The monoisotopic (exact) mass is 988 g/mol. The van der Waals surface area contributed by atoms with Gasteiger partial charge in [-0.3, -0.25) is 0 Å². The van der Waals surface area contributed by atoms with Crippen LogP contribution in [0.4, 0.5) is 51.2 Å². The predicted octanol–water partition coefficient (Wildman–Crippen LogP) is 17.6. The summed E-state index contributed by atoms with van der Waals surface area (Å²) >= 11 is 2.02. The van der Waals surface area contributed by atoms with Crippen molar-refractivity contribution in [3.05, 3.63) is 178 Å². The van der Waals surface area contributed by atoms with Crippen LogP contribution in [-0.4, -0.2) is 6.71 Å². The molecule has 0 saturated carbocycles. The fraction of sp³-hybridized carbons (Fsp3) is 0.362. The van der Waals surface area contributed by atoms with E-state index in [0.717, 1.165) is 36.3 Å². The van der Waals surface area contributed by atoms with Gasteiger partial charge in [0.15, 0.2) is 0 Å². The highest BCUT2D eigenvalue weighted by molar-refractivity contribution is 7.33. The Balaban J connectivity index is 1.20. The van der Waals surface area contributed by atoms with Gasteiger partial charge in [-0.05, 0) is 186 Å². The summed E-state index contributed by atoms with van der Waals surface area (Å²) in [6.07, 6.45) is 3.35. The van der Waals surface area contributed by atoms with E-state index in [9.17, 15) is 0 Å². The maximum absolute atomic E-state index is 2.73. The van der Waals surface area contributed by atoms with Crippen LogP contribution in [0.2, 0.25) is 0 Å². The number of para-hydroxylation sites is 2. The van der Waals surface area contributed by atoms with Crippen molar-refractivity contribution in [3.8, 4) is 0 Å². The minimum atomic E-state index is -0.0215. The summed E-state index contributed by atoms with van der Waals surface area (Å²) in [5, 5.41) is 1.34. The maximum Gasteiger partial charge on any atom is 0.264 e. The Bertz CT molecular complexity index is 3620. The quantitative estimate of drug-likeness (QED) is 0.159. The number of thiophene rings is 1. The van der Waals surface area contributed by atoms with Crippen molar-refractivity contribution in [1.82, 2.24) is 0 Å². The van der Waals surface area contributed by atoms with Gasteiger partial charge in [0.2, 0.25) is 0 Å². The normalized spacial score (nSPS) is 19.4. The molecule has 0 N–H and O–H groups in total. The number of hydrogen-bond acceptors (Lipinski definition) is 4. The number of fused-ring (bicyclic) bond motifs is 9. The highest BCUT2D eigenvalue weighted by Gasteiger charge is 2.51. The van der Waals surface area contributed by atoms with E-state index in [1.165, 1.54) is 98.9 Å². The lowest BCUT2D eigenvalue weighted by Crippen LogP contribution is -2.60. The molecule has 1 aromatic heterocycles. The van der Waals surface area contributed by atoms with Gasteiger partial charge in [-0.2, -0.15) is 0 Å². The fourth-order valence-corrected chi connectivity index (χ4v) is 17.2. The van der Waals surface area contributed by atoms with Crippen LogP contribution in [0.3, 0.4) is 0 Å². The van der Waals surface area contributed by atoms with E-state index < -0.39 is 0 Å². The van der Waals surface area contributed by atoms with E-state index in [-0.39, 0.29) is 44.6 Å². The van der Waals surface area contributed by atoms with Crippen LogP contribution in [0.5, 0.6) is 0 Å². The second kappa shape index (κ2) is 15.3. The van der Waals surface area contributed by atoms with Crippen LogP contribution in [0.1, 0.15) is 162 Å². The van der Waals surface area contributed by atoms with Crippen LogP contribution in [0.25, 0.3) is 10.1 Å². The first-order valence-electron chi connectivity index (χ1n) is 27.5. The van der Waals surface area contributed by atoms with Gasteiger partial charge >= 0.3 is 0 Å². The Morgan fingerprint density at radius 2 is 0.905 bits per heavy atom. The summed E-state index contributed by atoms with van der Waals surface area (Å²) in [5.74, 6) is 0. The van der Waals surface area contributed by atoms with Crippen molar-refractivity contribution in [2.75, 3.05) is 14.7 Å². The Hall–Kier alpha value is -6.04. The zero-order valence-electron chi connectivity index (χ0n) is 46.7. The molecule has 0 radical (unpaired) electrons. The predicted molar refractivity (Wildman–Crippen MR) is 321 cm³/mol. The first-order chi connectivity index (χ1) is 34.8. The van der Waals surface area contributed by atoms with Crippen molar-refractivity contribution >= 4 is 95.0 Å². The molecule has 74 heavy (non-hydrogen) atoms. The first kappa shape index (κ1) is 47.7. The number of anilines is 9. The molecule has 3 aliphatic carbocycles. The second-order valence-electron chi connectivity index (χ2n) is 28.0. The van der Waals surface area contributed by atoms with E-state index in [1.807, 2.05) is 11.3 Å². The zero-order chi connectivity index (χ0) is 52.0. The minimum Gasteiger partial charge on any atom is -0.311 e. The molecule has 0 spiro atoms. The summed E-state index contributed by atoms with van der Waals surface area (Å²) in [6, 6.07) is 55.0. The third-order valence-electron chi connectivity index (χ3n) is 18.5. The molecule has 0 saturated heterocycles. The van der Waals surface area contributed by atoms with Crippen molar-refractivity contribution < 1.29 is 0 Å². The van der Waals surface area contributed by atoms with Crippen LogP contribution >= 0.6 is 11.3 Å². The molecule has 2 aliphatic heterocycles. The average Bonchev–Trinajstić information content (AvgIpc) is 3.93. The molecular formula is C69H74BN3S. The van der Waals surface area contributed by atoms with Gasteiger partial charge in [0.1, 0.15) is 0 Å². The molecule has 7 aromatic carbocycles. The molecular weight excluding hydrogens is 914 g/mol. The number of rotatable bonds is 5. The van der Waals surface area contributed by atoms with Crippen LogP contribution in [0.15, 0.2) is 140 Å². The lowest BCUT2D eigenvalue weighted by Gasteiger charge is -2.45. The highest BCUT2D eigenvalue weighted by Crippen LogP contribution is 2.58. The Kier molecular flexibility index (Phi) is 9.86. The molecule has 374 valence electrons. The lowest BCUT2D eigenvalue weighted by atomic mass is 9.36.